The SMILES string of the molecule is Cc1c(C(=O)N[C@@H](C)C(=O)O)cnn1CC(C)C. The Kier molecular flexibility index (Phi) is 4.47. The van der Waals surface area contributed by atoms with E-state index in [-0.39, 0.29) is 0 Å². The molecular weight excluding hydrogens is 234 g/mol. The van der Waals surface area contributed by atoms with E-state index in [1.807, 2.05) is 0 Å². The summed E-state index contributed by atoms with van der Waals surface area (Å²) in [4.78, 5) is 22.5. The summed E-state index contributed by atoms with van der Waals surface area (Å²) in [6.07, 6.45) is 1.47. The highest BCUT2D eigenvalue weighted by Crippen LogP contribution is 2.09. The van der Waals surface area contributed by atoms with Gasteiger partial charge in [0.1, 0.15) is 6.04 Å². The molecule has 1 atom stereocenters. The van der Waals surface area contributed by atoms with Gasteiger partial charge < -0.3 is 10.4 Å². The Bertz CT molecular complexity index is 451. The number of aromatic nitrogens is 2. The molecule has 0 aromatic carbocycles. The summed E-state index contributed by atoms with van der Waals surface area (Å²) in [5, 5.41) is 15.3. The van der Waals surface area contributed by atoms with Gasteiger partial charge in [-0.15, -0.1) is 0 Å². The minimum absolute atomic E-state index is 0.405. The number of nitrogens with one attached hydrogen (secondary N) is 1. The molecule has 0 aliphatic rings. The number of hydrogen-bond donors (Lipinski definition) is 2. The molecular formula is C12H19N3O3. The molecule has 6 heteroatoms. The van der Waals surface area contributed by atoms with Crippen molar-refractivity contribution in [3.05, 3.63) is 17.5 Å². The lowest BCUT2D eigenvalue weighted by Crippen LogP contribution is -2.38. The van der Waals surface area contributed by atoms with Gasteiger partial charge in [-0.05, 0) is 19.8 Å². The highest BCUT2D eigenvalue weighted by molar-refractivity contribution is 5.97. The molecule has 100 valence electrons. The van der Waals surface area contributed by atoms with Crippen LogP contribution in [-0.2, 0) is 11.3 Å². The van der Waals surface area contributed by atoms with E-state index in [0.717, 1.165) is 12.2 Å². The van der Waals surface area contributed by atoms with E-state index in [0.29, 0.717) is 11.5 Å². The number of carbonyl (C=O) groups excluding carboxylic acids is 1. The first-order chi connectivity index (χ1) is 8.32. The molecule has 1 rings (SSSR count). The smallest absolute Gasteiger partial charge is 0.325 e. The monoisotopic (exact) mass is 253 g/mol. The van der Waals surface area contributed by atoms with Crippen LogP contribution < -0.4 is 5.32 Å². The fourth-order valence-corrected chi connectivity index (χ4v) is 1.54. The Morgan fingerprint density at radius 1 is 1.44 bits per heavy atom. The zero-order chi connectivity index (χ0) is 13.9. The fraction of sp³-hybridized carbons (Fsp3) is 0.583. The Hall–Kier alpha value is -1.85. The molecule has 1 aromatic rings. The molecule has 6 nitrogen and oxygen atoms in total. The number of carboxylic acids is 1. The summed E-state index contributed by atoms with van der Waals surface area (Å²) in [7, 11) is 0. The van der Waals surface area contributed by atoms with Crippen LogP contribution in [0.1, 0.15) is 36.8 Å². The third-order valence-corrected chi connectivity index (χ3v) is 2.60. The first kappa shape index (κ1) is 14.2. The standard InChI is InChI=1S/C12H19N3O3/c1-7(2)6-15-9(4)10(5-13-15)11(16)14-8(3)12(17)18/h5,7-8H,6H2,1-4H3,(H,14,16)(H,17,18)/t8-/m0/s1. The average Bonchev–Trinajstić information content (AvgIpc) is 2.59. The van der Waals surface area contributed by atoms with Gasteiger partial charge in [0.15, 0.2) is 0 Å². The zero-order valence-corrected chi connectivity index (χ0v) is 11.1. The van der Waals surface area contributed by atoms with Gasteiger partial charge in [-0.1, -0.05) is 13.8 Å². The quantitative estimate of drug-likeness (QED) is 0.821. The van der Waals surface area contributed by atoms with Crippen molar-refractivity contribution < 1.29 is 14.7 Å². The lowest BCUT2D eigenvalue weighted by atomic mass is 10.2. The van der Waals surface area contributed by atoms with Gasteiger partial charge in [0, 0.05) is 12.2 Å². The lowest BCUT2D eigenvalue weighted by Gasteiger charge is -2.10. The summed E-state index contributed by atoms with van der Waals surface area (Å²) in [6, 6.07) is -0.912. The van der Waals surface area contributed by atoms with Crippen molar-refractivity contribution >= 4 is 11.9 Å². The molecule has 0 aliphatic carbocycles. The number of nitrogens with zero attached hydrogens (tertiary/aromatic N) is 2. The predicted molar refractivity (Wildman–Crippen MR) is 66.4 cm³/mol. The van der Waals surface area contributed by atoms with E-state index >= 15 is 0 Å². The Balaban J connectivity index is 2.81. The minimum atomic E-state index is -1.06. The summed E-state index contributed by atoms with van der Waals surface area (Å²) >= 11 is 0. The number of amides is 1. The molecule has 1 heterocycles. The van der Waals surface area contributed by atoms with E-state index in [1.165, 1.54) is 13.1 Å². The summed E-state index contributed by atoms with van der Waals surface area (Å²) in [6.45, 7) is 8.08. The van der Waals surface area contributed by atoms with Crippen LogP contribution >= 0.6 is 0 Å². The van der Waals surface area contributed by atoms with E-state index in [2.05, 4.69) is 24.3 Å². The molecule has 1 amide bonds. The molecule has 0 bridgehead atoms. The Labute approximate surface area is 106 Å². The topological polar surface area (TPSA) is 84.2 Å². The maximum atomic E-state index is 11.9. The highest BCUT2D eigenvalue weighted by Gasteiger charge is 2.19. The second-order valence-corrected chi connectivity index (χ2v) is 4.75. The van der Waals surface area contributed by atoms with Gasteiger partial charge in [0.25, 0.3) is 5.91 Å². The second kappa shape index (κ2) is 5.66. The van der Waals surface area contributed by atoms with Crippen molar-refractivity contribution in [2.45, 2.75) is 40.3 Å². The first-order valence-electron chi connectivity index (χ1n) is 5.89. The molecule has 0 fully saturated rings. The van der Waals surface area contributed by atoms with Gasteiger partial charge in [-0.3, -0.25) is 14.3 Å². The van der Waals surface area contributed by atoms with Crippen LogP contribution in [0.2, 0.25) is 0 Å². The zero-order valence-electron chi connectivity index (χ0n) is 11.1. The summed E-state index contributed by atoms with van der Waals surface area (Å²) in [5.41, 5.74) is 1.17. The molecule has 0 saturated carbocycles. The molecule has 2 N–H and O–H groups in total. The van der Waals surface area contributed by atoms with Gasteiger partial charge >= 0.3 is 5.97 Å². The number of aliphatic carboxylic acids is 1. The molecule has 0 saturated heterocycles. The summed E-state index contributed by atoms with van der Waals surface area (Å²) in [5.74, 6) is -1.04. The highest BCUT2D eigenvalue weighted by atomic mass is 16.4. The third kappa shape index (κ3) is 3.32. The van der Waals surface area contributed by atoms with Crippen LogP contribution in [-0.4, -0.2) is 32.8 Å². The van der Waals surface area contributed by atoms with Gasteiger partial charge in [0.05, 0.1) is 11.8 Å². The number of carboxylic acid groups (broad SMARTS) is 1. The molecule has 1 aromatic heterocycles. The maximum Gasteiger partial charge on any atom is 0.325 e. The molecule has 0 unspecified atom stereocenters. The van der Waals surface area contributed by atoms with Crippen molar-refractivity contribution in [1.82, 2.24) is 15.1 Å². The largest absolute Gasteiger partial charge is 0.480 e. The van der Waals surface area contributed by atoms with Crippen LogP contribution in [0.25, 0.3) is 0 Å². The second-order valence-electron chi connectivity index (χ2n) is 4.75. The van der Waals surface area contributed by atoms with Gasteiger partial charge in [-0.25, -0.2) is 0 Å². The van der Waals surface area contributed by atoms with Crippen LogP contribution in [0.4, 0.5) is 0 Å². The van der Waals surface area contributed by atoms with E-state index in [9.17, 15) is 9.59 Å². The van der Waals surface area contributed by atoms with Crippen LogP contribution in [0, 0.1) is 12.8 Å². The Morgan fingerprint density at radius 3 is 2.56 bits per heavy atom. The fourth-order valence-electron chi connectivity index (χ4n) is 1.54. The van der Waals surface area contributed by atoms with E-state index < -0.39 is 17.9 Å². The third-order valence-electron chi connectivity index (χ3n) is 2.60. The number of hydrogen-bond acceptors (Lipinski definition) is 3. The first-order valence-corrected chi connectivity index (χ1v) is 5.89. The number of carbonyl (C=O) groups is 2. The Morgan fingerprint density at radius 2 is 2.06 bits per heavy atom. The van der Waals surface area contributed by atoms with Crippen molar-refractivity contribution in [2.24, 2.45) is 5.92 Å². The molecule has 0 radical (unpaired) electrons. The normalized spacial score (nSPS) is 12.5. The molecule has 0 spiro atoms. The van der Waals surface area contributed by atoms with Crippen molar-refractivity contribution in [1.29, 1.82) is 0 Å². The van der Waals surface area contributed by atoms with Crippen molar-refractivity contribution in [3.63, 3.8) is 0 Å². The van der Waals surface area contributed by atoms with E-state index in [1.54, 1.807) is 11.6 Å². The number of rotatable bonds is 5. The maximum absolute atomic E-state index is 11.9. The molecule has 18 heavy (non-hydrogen) atoms. The van der Waals surface area contributed by atoms with Crippen LogP contribution in [0.15, 0.2) is 6.20 Å². The predicted octanol–water partition coefficient (Wildman–Crippen LogP) is 1.05. The van der Waals surface area contributed by atoms with Crippen LogP contribution in [0.5, 0.6) is 0 Å². The summed E-state index contributed by atoms with van der Waals surface area (Å²) < 4.78 is 1.75. The van der Waals surface area contributed by atoms with Crippen molar-refractivity contribution in [3.8, 4) is 0 Å². The molecule has 0 aliphatic heterocycles. The average molecular weight is 253 g/mol. The van der Waals surface area contributed by atoms with Crippen LogP contribution in [0.3, 0.4) is 0 Å². The van der Waals surface area contributed by atoms with Crippen molar-refractivity contribution in [2.75, 3.05) is 0 Å². The van der Waals surface area contributed by atoms with E-state index in [4.69, 9.17) is 5.11 Å². The minimum Gasteiger partial charge on any atom is -0.480 e. The van der Waals surface area contributed by atoms with Gasteiger partial charge in [0.2, 0.25) is 0 Å². The van der Waals surface area contributed by atoms with Gasteiger partial charge in [-0.2, -0.15) is 5.10 Å². The lowest BCUT2D eigenvalue weighted by molar-refractivity contribution is -0.138.